The Morgan fingerprint density at radius 3 is 2.56 bits per heavy atom. The third-order valence-electron chi connectivity index (χ3n) is 4.42. The fourth-order valence-corrected chi connectivity index (χ4v) is 7.85. The quantitative estimate of drug-likeness (QED) is 0.653. The number of thiophene rings is 1. The van der Waals surface area contributed by atoms with E-state index in [9.17, 15) is 21.6 Å². The molecule has 1 aromatic carbocycles. The van der Waals surface area contributed by atoms with Gasteiger partial charge in [0, 0.05) is 12.6 Å². The Hall–Kier alpha value is -1.75. The molecule has 146 valence electrons. The van der Waals surface area contributed by atoms with Crippen LogP contribution in [0.25, 0.3) is 0 Å². The molecule has 1 aliphatic heterocycles. The number of sulfonamides is 1. The zero-order chi connectivity index (χ0) is 19.7. The van der Waals surface area contributed by atoms with Crippen molar-refractivity contribution in [2.24, 2.45) is 0 Å². The van der Waals surface area contributed by atoms with Crippen LogP contribution in [-0.2, 0) is 24.6 Å². The summed E-state index contributed by atoms with van der Waals surface area (Å²) in [5.74, 6) is -1.02. The van der Waals surface area contributed by atoms with Crippen molar-refractivity contribution in [1.29, 1.82) is 0 Å². The van der Waals surface area contributed by atoms with Crippen molar-refractivity contribution in [1.82, 2.24) is 4.31 Å². The van der Waals surface area contributed by atoms with E-state index < -0.39 is 31.9 Å². The molecule has 0 aliphatic carbocycles. The molecule has 7 nitrogen and oxygen atoms in total. The lowest BCUT2D eigenvalue weighted by Crippen LogP contribution is -2.40. The van der Waals surface area contributed by atoms with E-state index >= 15 is 0 Å². The van der Waals surface area contributed by atoms with Gasteiger partial charge in [0.05, 0.1) is 17.8 Å². The molecule has 2 aromatic rings. The second-order valence-corrected chi connectivity index (χ2v) is 10.9. The third kappa shape index (κ3) is 3.93. The number of benzene rings is 1. The molecule has 1 aliphatic rings. The molecule has 3 rings (SSSR count). The molecule has 2 heterocycles. The molecule has 10 heteroatoms. The van der Waals surface area contributed by atoms with Gasteiger partial charge in [-0.3, -0.25) is 0 Å². The van der Waals surface area contributed by atoms with Gasteiger partial charge < -0.3 is 4.74 Å². The summed E-state index contributed by atoms with van der Waals surface area (Å²) in [5.41, 5.74) is 0. The van der Waals surface area contributed by atoms with Gasteiger partial charge in [-0.1, -0.05) is 18.2 Å². The second kappa shape index (κ2) is 7.70. The number of hydrogen-bond acceptors (Lipinski definition) is 7. The van der Waals surface area contributed by atoms with Crippen LogP contribution in [0.4, 0.5) is 0 Å². The number of carbonyl (C=O) groups excluding carboxylic acids is 1. The lowest BCUT2D eigenvalue weighted by atomic mass is 10.3. The molecule has 27 heavy (non-hydrogen) atoms. The number of hydrogen-bond donors (Lipinski definition) is 0. The Bertz CT molecular complexity index is 1030. The van der Waals surface area contributed by atoms with E-state index in [-0.39, 0.29) is 27.0 Å². The predicted octanol–water partition coefficient (Wildman–Crippen LogP) is 2.16. The highest BCUT2D eigenvalue weighted by Gasteiger charge is 2.40. The number of rotatable bonds is 6. The molecule has 1 aromatic heterocycles. The van der Waals surface area contributed by atoms with Crippen LogP contribution in [0.1, 0.15) is 22.5 Å². The summed E-state index contributed by atoms with van der Waals surface area (Å²) in [6.45, 7) is 0.216. The molecule has 1 saturated heterocycles. The van der Waals surface area contributed by atoms with Gasteiger partial charge in [0.1, 0.15) is 9.77 Å². The predicted molar refractivity (Wildman–Crippen MR) is 101 cm³/mol. The number of sulfone groups is 1. The summed E-state index contributed by atoms with van der Waals surface area (Å²) in [6.07, 6.45) is 1.01. The summed E-state index contributed by atoms with van der Waals surface area (Å²) in [5, 5.41) is 1.50. The summed E-state index contributed by atoms with van der Waals surface area (Å²) in [4.78, 5) is 11.9. The standard InChI is InChI=1S/C17H19NO6S3/c1-24-17(19)16-15(9-11-25-16)27(22,23)18-10-5-6-13(18)12-26(20,21)14-7-3-2-4-8-14/h2-4,7-9,11,13H,5-6,10,12H2,1H3. The Balaban J connectivity index is 1.90. The molecule has 1 atom stereocenters. The van der Waals surface area contributed by atoms with E-state index in [1.165, 1.54) is 35.0 Å². The minimum atomic E-state index is -4.01. The van der Waals surface area contributed by atoms with Gasteiger partial charge >= 0.3 is 5.97 Å². The van der Waals surface area contributed by atoms with Crippen molar-refractivity contribution in [2.45, 2.75) is 28.7 Å². The largest absolute Gasteiger partial charge is 0.465 e. The maximum atomic E-state index is 13.1. The molecule has 0 N–H and O–H groups in total. The van der Waals surface area contributed by atoms with Crippen LogP contribution in [0.15, 0.2) is 51.6 Å². The van der Waals surface area contributed by atoms with Crippen LogP contribution in [0.5, 0.6) is 0 Å². The van der Waals surface area contributed by atoms with Crippen molar-refractivity contribution in [3.05, 3.63) is 46.7 Å². The van der Waals surface area contributed by atoms with E-state index in [1.807, 2.05) is 0 Å². The highest BCUT2D eigenvalue weighted by Crippen LogP contribution is 2.32. The zero-order valence-corrected chi connectivity index (χ0v) is 17.0. The first kappa shape index (κ1) is 20.0. The monoisotopic (exact) mass is 429 g/mol. The Labute approximate surface area is 162 Å². The summed E-state index contributed by atoms with van der Waals surface area (Å²) in [6, 6.07) is 8.65. The van der Waals surface area contributed by atoms with Crippen molar-refractivity contribution < 1.29 is 26.4 Å². The molecular weight excluding hydrogens is 410 g/mol. The average Bonchev–Trinajstić information content (AvgIpc) is 3.31. The minimum Gasteiger partial charge on any atom is -0.465 e. The molecule has 0 spiro atoms. The van der Waals surface area contributed by atoms with E-state index in [4.69, 9.17) is 0 Å². The smallest absolute Gasteiger partial charge is 0.349 e. The van der Waals surface area contributed by atoms with E-state index in [0.717, 1.165) is 11.3 Å². The molecule has 0 saturated carbocycles. The lowest BCUT2D eigenvalue weighted by molar-refractivity contribution is 0.0602. The first-order chi connectivity index (χ1) is 12.8. The van der Waals surface area contributed by atoms with Gasteiger partial charge in [-0.15, -0.1) is 11.3 Å². The van der Waals surface area contributed by atoms with Crippen molar-refractivity contribution in [2.75, 3.05) is 19.4 Å². The van der Waals surface area contributed by atoms with Gasteiger partial charge in [-0.25, -0.2) is 21.6 Å². The van der Waals surface area contributed by atoms with Crippen LogP contribution in [-0.4, -0.2) is 52.6 Å². The second-order valence-electron chi connectivity index (χ2n) is 6.11. The third-order valence-corrected chi connectivity index (χ3v) is 9.26. The van der Waals surface area contributed by atoms with Crippen molar-refractivity contribution >= 4 is 37.2 Å². The molecule has 0 amide bonds. The number of ether oxygens (including phenoxy) is 1. The molecule has 0 bridgehead atoms. The molecular formula is C17H19NO6S3. The highest BCUT2D eigenvalue weighted by molar-refractivity contribution is 7.91. The maximum absolute atomic E-state index is 13.1. The van der Waals surface area contributed by atoms with Crippen LogP contribution >= 0.6 is 11.3 Å². The normalized spacial score (nSPS) is 18.5. The van der Waals surface area contributed by atoms with Gasteiger partial charge in [-0.2, -0.15) is 4.31 Å². The maximum Gasteiger partial charge on any atom is 0.349 e. The molecule has 1 fully saturated rings. The number of nitrogens with zero attached hydrogens (tertiary/aromatic N) is 1. The molecule has 0 radical (unpaired) electrons. The Morgan fingerprint density at radius 2 is 1.89 bits per heavy atom. The minimum absolute atomic E-state index is 0.00549. The highest BCUT2D eigenvalue weighted by atomic mass is 32.2. The van der Waals surface area contributed by atoms with Gasteiger partial charge in [0.25, 0.3) is 0 Å². The number of esters is 1. The summed E-state index contributed by atoms with van der Waals surface area (Å²) < 4.78 is 57.4. The summed E-state index contributed by atoms with van der Waals surface area (Å²) in [7, 11) is -6.45. The lowest BCUT2D eigenvalue weighted by Gasteiger charge is -2.24. The SMILES string of the molecule is COC(=O)c1sccc1S(=O)(=O)N1CCCC1CS(=O)(=O)c1ccccc1. The van der Waals surface area contributed by atoms with Crippen LogP contribution in [0, 0.1) is 0 Å². The fourth-order valence-electron chi connectivity index (χ4n) is 3.14. The summed E-state index contributed by atoms with van der Waals surface area (Å²) >= 11 is 0.981. The molecule has 1 unspecified atom stereocenters. The van der Waals surface area contributed by atoms with E-state index in [2.05, 4.69) is 4.74 Å². The fraction of sp³-hybridized carbons (Fsp3) is 0.353. The topological polar surface area (TPSA) is 97.8 Å². The Morgan fingerprint density at radius 1 is 1.19 bits per heavy atom. The van der Waals surface area contributed by atoms with Gasteiger partial charge in [-0.05, 0) is 36.4 Å². The van der Waals surface area contributed by atoms with E-state index in [0.29, 0.717) is 12.8 Å². The Kier molecular flexibility index (Phi) is 5.71. The van der Waals surface area contributed by atoms with Crippen LogP contribution in [0.2, 0.25) is 0 Å². The van der Waals surface area contributed by atoms with Crippen LogP contribution < -0.4 is 0 Å². The van der Waals surface area contributed by atoms with Crippen LogP contribution in [0.3, 0.4) is 0 Å². The van der Waals surface area contributed by atoms with Crippen molar-refractivity contribution in [3.8, 4) is 0 Å². The number of methoxy groups -OCH3 is 1. The first-order valence-corrected chi connectivity index (χ1v) is 12.2. The zero-order valence-electron chi connectivity index (χ0n) is 14.6. The van der Waals surface area contributed by atoms with E-state index in [1.54, 1.807) is 18.2 Å². The van der Waals surface area contributed by atoms with Gasteiger partial charge in [0.15, 0.2) is 9.84 Å². The average molecular weight is 430 g/mol. The van der Waals surface area contributed by atoms with Gasteiger partial charge in [0.2, 0.25) is 10.0 Å². The number of carbonyl (C=O) groups is 1. The first-order valence-electron chi connectivity index (χ1n) is 8.23. The van der Waals surface area contributed by atoms with Crippen molar-refractivity contribution in [3.63, 3.8) is 0 Å².